The molecule has 0 bridgehead atoms. The Balaban J connectivity index is 1.89. The van der Waals surface area contributed by atoms with Crippen molar-refractivity contribution in [3.05, 3.63) is 88.6 Å². The van der Waals surface area contributed by atoms with Crippen LogP contribution in [0.1, 0.15) is 22.3 Å². The van der Waals surface area contributed by atoms with E-state index < -0.39 is 0 Å². The number of amidine groups is 1. The first-order valence-corrected chi connectivity index (χ1v) is 10.5. The molecule has 0 radical (unpaired) electrons. The standard InChI is InChI=1S/C27H26N2O4/c1-17-12-18(2)14-21(13-17)29-26(20-10-11-24(32-4)25(16-20)33-5)28-22(27(29)30)15-19-8-6-7-9-23(19)31-3/h6-16H,1-5H3/b22-15-. The van der Waals surface area contributed by atoms with E-state index in [1.165, 1.54) is 0 Å². The molecule has 6 heteroatoms. The predicted molar refractivity (Wildman–Crippen MR) is 130 cm³/mol. The molecule has 1 amide bonds. The molecule has 3 aromatic carbocycles. The summed E-state index contributed by atoms with van der Waals surface area (Å²) in [5.41, 5.74) is 4.72. The van der Waals surface area contributed by atoms with Crippen LogP contribution in [0.3, 0.4) is 0 Å². The summed E-state index contributed by atoms with van der Waals surface area (Å²) in [6.45, 7) is 4.02. The number of aryl methyl sites for hydroxylation is 2. The van der Waals surface area contributed by atoms with Gasteiger partial charge in [0.05, 0.1) is 27.0 Å². The SMILES string of the molecule is COc1ccccc1/C=C1\N=C(c2ccc(OC)c(OC)c2)N(c2cc(C)cc(C)c2)C1=O. The lowest BCUT2D eigenvalue weighted by molar-refractivity contribution is -0.113. The van der Waals surface area contributed by atoms with Gasteiger partial charge >= 0.3 is 0 Å². The molecule has 0 unspecified atom stereocenters. The van der Waals surface area contributed by atoms with Crippen LogP contribution >= 0.6 is 0 Å². The summed E-state index contributed by atoms with van der Waals surface area (Å²) in [6, 6.07) is 19.1. The second-order valence-electron chi connectivity index (χ2n) is 7.76. The van der Waals surface area contributed by atoms with Crippen LogP contribution in [-0.2, 0) is 4.79 Å². The van der Waals surface area contributed by atoms with Crippen molar-refractivity contribution in [2.24, 2.45) is 4.99 Å². The number of para-hydroxylation sites is 1. The van der Waals surface area contributed by atoms with Crippen molar-refractivity contribution >= 4 is 23.5 Å². The number of benzene rings is 3. The van der Waals surface area contributed by atoms with Crippen LogP contribution in [0.4, 0.5) is 5.69 Å². The molecule has 1 heterocycles. The number of hydrogen-bond donors (Lipinski definition) is 0. The Morgan fingerprint density at radius 3 is 2.12 bits per heavy atom. The summed E-state index contributed by atoms with van der Waals surface area (Å²) < 4.78 is 16.3. The fourth-order valence-corrected chi connectivity index (χ4v) is 3.94. The third-order valence-electron chi connectivity index (χ3n) is 5.40. The van der Waals surface area contributed by atoms with Crippen LogP contribution in [0.5, 0.6) is 17.2 Å². The topological polar surface area (TPSA) is 60.4 Å². The molecule has 0 saturated carbocycles. The molecule has 0 aliphatic carbocycles. The molecule has 4 rings (SSSR count). The maximum Gasteiger partial charge on any atom is 0.282 e. The van der Waals surface area contributed by atoms with E-state index in [9.17, 15) is 4.79 Å². The average Bonchev–Trinajstić information content (AvgIpc) is 3.14. The lowest BCUT2D eigenvalue weighted by Gasteiger charge is -2.20. The van der Waals surface area contributed by atoms with E-state index in [1.54, 1.807) is 32.3 Å². The van der Waals surface area contributed by atoms with E-state index in [0.29, 0.717) is 28.8 Å². The summed E-state index contributed by atoms with van der Waals surface area (Å²) in [7, 11) is 4.77. The molecule has 0 N–H and O–H groups in total. The molecule has 1 aliphatic rings. The van der Waals surface area contributed by atoms with Gasteiger partial charge in [-0.1, -0.05) is 24.3 Å². The van der Waals surface area contributed by atoms with Crippen LogP contribution in [0, 0.1) is 13.8 Å². The van der Waals surface area contributed by atoms with E-state index in [2.05, 4.69) is 6.07 Å². The minimum atomic E-state index is -0.212. The fourth-order valence-electron chi connectivity index (χ4n) is 3.94. The maximum atomic E-state index is 13.6. The summed E-state index contributed by atoms with van der Waals surface area (Å²) in [5.74, 6) is 2.15. The average molecular weight is 443 g/mol. The number of ether oxygens (including phenoxy) is 3. The summed E-state index contributed by atoms with van der Waals surface area (Å²) in [4.78, 5) is 20.0. The van der Waals surface area contributed by atoms with Gasteiger partial charge in [-0.2, -0.15) is 0 Å². The number of amides is 1. The molecule has 0 atom stereocenters. The highest BCUT2D eigenvalue weighted by atomic mass is 16.5. The third kappa shape index (κ3) is 4.32. The number of hydrogen-bond acceptors (Lipinski definition) is 5. The quantitative estimate of drug-likeness (QED) is 0.495. The first-order valence-electron chi connectivity index (χ1n) is 10.5. The number of methoxy groups -OCH3 is 3. The summed E-state index contributed by atoms with van der Waals surface area (Å²) in [5, 5.41) is 0. The minimum Gasteiger partial charge on any atom is -0.496 e. The van der Waals surface area contributed by atoms with Crippen molar-refractivity contribution in [3.63, 3.8) is 0 Å². The maximum absolute atomic E-state index is 13.6. The molecular formula is C27H26N2O4. The Kier molecular flexibility index (Phi) is 6.18. The van der Waals surface area contributed by atoms with E-state index in [4.69, 9.17) is 19.2 Å². The van der Waals surface area contributed by atoms with Crippen LogP contribution < -0.4 is 19.1 Å². The van der Waals surface area contributed by atoms with E-state index in [-0.39, 0.29) is 5.91 Å². The number of nitrogens with zero attached hydrogens (tertiary/aromatic N) is 2. The zero-order chi connectivity index (χ0) is 23.5. The van der Waals surface area contributed by atoms with Gasteiger partial charge in [-0.05, 0) is 67.4 Å². The van der Waals surface area contributed by atoms with Crippen molar-refractivity contribution in [1.29, 1.82) is 0 Å². The number of anilines is 1. The number of carbonyl (C=O) groups excluding carboxylic acids is 1. The summed E-state index contributed by atoms with van der Waals surface area (Å²) in [6.07, 6.45) is 1.75. The van der Waals surface area contributed by atoms with Crippen molar-refractivity contribution in [1.82, 2.24) is 0 Å². The molecule has 33 heavy (non-hydrogen) atoms. The van der Waals surface area contributed by atoms with Gasteiger partial charge in [0.1, 0.15) is 17.3 Å². The highest BCUT2D eigenvalue weighted by molar-refractivity contribution is 6.33. The van der Waals surface area contributed by atoms with Crippen molar-refractivity contribution < 1.29 is 19.0 Å². The molecule has 3 aromatic rings. The second-order valence-corrected chi connectivity index (χ2v) is 7.76. The Bertz CT molecular complexity index is 1260. The third-order valence-corrected chi connectivity index (χ3v) is 5.40. The van der Waals surface area contributed by atoms with Crippen LogP contribution in [-0.4, -0.2) is 33.1 Å². The van der Waals surface area contributed by atoms with Crippen LogP contribution in [0.2, 0.25) is 0 Å². The number of rotatable bonds is 6. The van der Waals surface area contributed by atoms with Gasteiger partial charge < -0.3 is 14.2 Å². The first-order chi connectivity index (χ1) is 15.9. The number of carbonyl (C=O) groups is 1. The highest BCUT2D eigenvalue weighted by Crippen LogP contribution is 2.34. The number of aliphatic imine (C=N–C) groups is 1. The van der Waals surface area contributed by atoms with Gasteiger partial charge in [0, 0.05) is 11.1 Å². The fraction of sp³-hybridized carbons (Fsp3) is 0.185. The first kappa shape index (κ1) is 22.1. The van der Waals surface area contributed by atoms with Gasteiger partial charge in [-0.25, -0.2) is 4.99 Å². The highest BCUT2D eigenvalue weighted by Gasteiger charge is 2.33. The normalized spacial score (nSPS) is 14.5. The minimum absolute atomic E-state index is 0.212. The van der Waals surface area contributed by atoms with Gasteiger partial charge in [-0.15, -0.1) is 0 Å². The second kappa shape index (κ2) is 9.20. The molecule has 0 spiro atoms. The van der Waals surface area contributed by atoms with Crippen molar-refractivity contribution in [2.75, 3.05) is 26.2 Å². The van der Waals surface area contributed by atoms with E-state index >= 15 is 0 Å². The Hall–Kier alpha value is -4.06. The monoisotopic (exact) mass is 442 g/mol. The molecule has 6 nitrogen and oxygen atoms in total. The largest absolute Gasteiger partial charge is 0.496 e. The predicted octanol–water partition coefficient (Wildman–Crippen LogP) is 5.16. The molecule has 0 aromatic heterocycles. The lowest BCUT2D eigenvalue weighted by Crippen LogP contribution is -2.32. The van der Waals surface area contributed by atoms with Crippen molar-refractivity contribution in [3.8, 4) is 17.2 Å². The molecule has 168 valence electrons. The Morgan fingerprint density at radius 2 is 1.45 bits per heavy atom. The molecule has 0 fully saturated rings. The van der Waals surface area contributed by atoms with Gasteiger partial charge in [0.15, 0.2) is 11.5 Å². The zero-order valence-electron chi connectivity index (χ0n) is 19.4. The van der Waals surface area contributed by atoms with Crippen LogP contribution in [0.25, 0.3) is 6.08 Å². The Labute approximate surface area is 193 Å². The van der Waals surface area contributed by atoms with Crippen molar-refractivity contribution in [2.45, 2.75) is 13.8 Å². The smallest absolute Gasteiger partial charge is 0.282 e. The molecule has 0 saturated heterocycles. The van der Waals surface area contributed by atoms with Crippen LogP contribution in [0.15, 0.2) is 71.4 Å². The molecular weight excluding hydrogens is 416 g/mol. The van der Waals surface area contributed by atoms with Gasteiger partial charge in [0.2, 0.25) is 0 Å². The Morgan fingerprint density at radius 1 is 0.788 bits per heavy atom. The van der Waals surface area contributed by atoms with Gasteiger partial charge in [0.25, 0.3) is 5.91 Å². The summed E-state index contributed by atoms with van der Waals surface area (Å²) >= 11 is 0. The van der Waals surface area contributed by atoms with E-state index in [0.717, 1.165) is 27.9 Å². The zero-order valence-corrected chi connectivity index (χ0v) is 19.4. The van der Waals surface area contributed by atoms with Gasteiger partial charge in [-0.3, -0.25) is 9.69 Å². The lowest BCUT2D eigenvalue weighted by atomic mass is 10.1. The van der Waals surface area contributed by atoms with E-state index in [1.807, 2.05) is 68.4 Å². The molecule has 1 aliphatic heterocycles.